The zero-order valence-corrected chi connectivity index (χ0v) is 15.3. The highest BCUT2D eigenvalue weighted by atomic mass is 32.2. The Hall–Kier alpha value is -2.25. The zero-order valence-electron chi connectivity index (χ0n) is 14.5. The van der Waals surface area contributed by atoms with E-state index >= 15 is 0 Å². The van der Waals surface area contributed by atoms with Crippen LogP contribution in [0, 0.1) is 6.92 Å². The maximum atomic E-state index is 12.4. The van der Waals surface area contributed by atoms with E-state index in [1.165, 1.54) is 19.2 Å². The summed E-state index contributed by atoms with van der Waals surface area (Å²) in [5.41, 5.74) is 0.940. The van der Waals surface area contributed by atoms with Crippen molar-refractivity contribution in [3.05, 3.63) is 48.0 Å². The highest BCUT2D eigenvalue weighted by Crippen LogP contribution is 2.30. The van der Waals surface area contributed by atoms with Crippen LogP contribution in [-0.4, -0.2) is 35.3 Å². The van der Waals surface area contributed by atoms with Crippen LogP contribution in [0.2, 0.25) is 0 Å². The van der Waals surface area contributed by atoms with Gasteiger partial charge < -0.3 is 18.4 Å². The lowest BCUT2D eigenvalue weighted by atomic mass is 10.2. The third-order valence-electron chi connectivity index (χ3n) is 3.33. The van der Waals surface area contributed by atoms with E-state index in [9.17, 15) is 8.42 Å². The molecule has 0 aliphatic heterocycles. The van der Waals surface area contributed by atoms with Crippen molar-refractivity contribution in [1.29, 1.82) is 0 Å². The second-order valence-electron chi connectivity index (χ2n) is 5.21. The third kappa shape index (κ3) is 5.37. The van der Waals surface area contributed by atoms with E-state index in [1.54, 1.807) is 30.3 Å². The maximum absolute atomic E-state index is 12.4. The lowest BCUT2D eigenvalue weighted by molar-refractivity contribution is 0.110. The van der Waals surface area contributed by atoms with Gasteiger partial charge in [-0.05, 0) is 55.8 Å². The Morgan fingerprint density at radius 2 is 1.68 bits per heavy atom. The maximum Gasteiger partial charge on any atom is 0.339 e. The van der Waals surface area contributed by atoms with Gasteiger partial charge in [-0.3, -0.25) is 0 Å². The first-order chi connectivity index (χ1) is 12.0. The first-order valence-corrected chi connectivity index (χ1v) is 9.27. The number of ether oxygens (including phenoxy) is 3. The van der Waals surface area contributed by atoms with Gasteiger partial charge in [-0.2, -0.15) is 8.42 Å². The second-order valence-corrected chi connectivity index (χ2v) is 6.75. The molecular weight excluding hydrogens is 344 g/mol. The summed E-state index contributed by atoms with van der Waals surface area (Å²) in [6.45, 7) is 5.29. The van der Waals surface area contributed by atoms with Crippen LogP contribution < -0.4 is 13.7 Å². The van der Waals surface area contributed by atoms with Crippen LogP contribution >= 0.6 is 0 Å². The summed E-state index contributed by atoms with van der Waals surface area (Å²) in [4.78, 5) is 0.0345. The van der Waals surface area contributed by atoms with Gasteiger partial charge in [0.15, 0.2) is 11.5 Å². The number of aryl methyl sites for hydroxylation is 1. The number of rotatable bonds is 9. The molecule has 0 radical (unpaired) electrons. The summed E-state index contributed by atoms with van der Waals surface area (Å²) in [6, 6.07) is 11.1. The molecule has 7 heteroatoms. The van der Waals surface area contributed by atoms with E-state index in [0.29, 0.717) is 31.3 Å². The fraction of sp³-hybridized carbons (Fsp3) is 0.333. The van der Waals surface area contributed by atoms with Gasteiger partial charge in [-0.1, -0.05) is 6.07 Å². The molecule has 0 N–H and O–H groups in total. The topological polar surface area (TPSA) is 71.1 Å². The second kappa shape index (κ2) is 8.73. The first-order valence-electron chi connectivity index (χ1n) is 7.86. The van der Waals surface area contributed by atoms with E-state index in [2.05, 4.69) is 0 Å². The number of hydrogen-bond acceptors (Lipinski definition) is 6. The number of methoxy groups -OCH3 is 1. The summed E-state index contributed by atoms with van der Waals surface area (Å²) >= 11 is 0. The predicted molar refractivity (Wildman–Crippen MR) is 94.0 cm³/mol. The summed E-state index contributed by atoms with van der Waals surface area (Å²) in [6.07, 6.45) is 0. The van der Waals surface area contributed by atoms with Crippen molar-refractivity contribution in [3.8, 4) is 17.2 Å². The Morgan fingerprint density at radius 3 is 2.32 bits per heavy atom. The molecule has 2 aromatic carbocycles. The van der Waals surface area contributed by atoms with Crippen LogP contribution in [0.3, 0.4) is 0 Å². The minimum atomic E-state index is -3.96. The van der Waals surface area contributed by atoms with Gasteiger partial charge in [0.25, 0.3) is 0 Å². The predicted octanol–water partition coefficient (Wildman–Crippen LogP) is 3.19. The highest BCUT2D eigenvalue weighted by Gasteiger charge is 2.19. The molecular formula is C18H22O6S. The van der Waals surface area contributed by atoms with E-state index in [4.69, 9.17) is 18.4 Å². The molecule has 0 heterocycles. The number of benzene rings is 2. The van der Waals surface area contributed by atoms with Gasteiger partial charge in [0, 0.05) is 6.61 Å². The van der Waals surface area contributed by atoms with E-state index in [-0.39, 0.29) is 10.6 Å². The molecule has 136 valence electrons. The molecule has 2 aromatic rings. The smallest absolute Gasteiger partial charge is 0.339 e. The summed E-state index contributed by atoms with van der Waals surface area (Å²) in [7, 11) is -2.50. The van der Waals surface area contributed by atoms with Gasteiger partial charge in [-0.15, -0.1) is 0 Å². The van der Waals surface area contributed by atoms with Gasteiger partial charge in [-0.25, -0.2) is 0 Å². The Labute approximate surface area is 148 Å². The summed E-state index contributed by atoms with van der Waals surface area (Å²) < 4.78 is 45.9. The first kappa shape index (κ1) is 19.1. The average Bonchev–Trinajstić information content (AvgIpc) is 2.60. The van der Waals surface area contributed by atoms with Crippen LogP contribution in [0.1, 0.15) is 12.5 Å². The van der Waals surface area contributed by atoms with Crippen molar-refractivity contribution in [1.82, 2.24) is 0 Å². The molecule has 0 bridgehead atoms. The Kier molecular flexibility index (Phi) is 6.66. The SMILES string of the molecule is CCOCCOc1ccc(S(=O)(=O)Oc2ccc(C)cc2OC)cc1. The van der Waals surface area contributed by atoms with Crippen molar-refractivity contribution in [2.24, 2.45) is 0 Å². The highest BCUT2D eigenvalue weighted by molar-refractivity contribution is 7.87. The lowest BCUT2D eigenvalue weighted by Gasteiger charge is -2.12. The van der Waals surface area contributed by atoms with Crippen molar-refractivity contribution < 1.29 is 26.8 Å². The quantitative estimate of drug-likeness (QED) is 0.501. The van der Waals surface area contributed by atoms with E-state index < -0.39 is 10.1 Å². The molecule has 0 unspecified atom stereocenters. The van der Waals surface area contributed by atoms with Gasteiger partial charge in [0.1, 0.15) is 17.3 Å². The van der Waals surface area contributed by atoms with Gasteiger partial charge in [0.2, 0.25) is 0 Å². The molecule has 0 saturated heterocycles. The fourth-order valence-electron chi connectivity index (χ4n) is 2.08. The van der Waals surface area contributed by atoms with Crippen LogP contribution in [0.5, 0.6) is 17.2 Å². The van der Waals surface area contributed by atoms with Crippen molar-refractivity contribution in [2.75, 3.05) is 26.9 Å². The minimum absolute atomic E-state index is 0.0345. The van der Waals surface area contributed by atoms with Crippen LogP contribution in [0.4, 0.5) is 0 Å². The molecule has 0 amide bonds. The zero-order chi connectivity index (χ0) is 18.3. The lowest BCUT2D eigenvalue weighted by Crippen LogP contribution is -2.11. The minimum Gasteiger partial charge on any atom is -0.493 e. The van der Waals surface area contributed by atoms with Crippen molar-refractivity contribution in [3.63, 3.8) is 0 Å². The molecule has 2 rings (SSSR count). The molecule has 0 aliphatic rings. The summed E-state index contributed by atoms with van der Waals surface area (Å²) in [5, 5.41) is 0. The van der Waals surface area contributed by atoms with Crippen LogP contribution in [0.25, 0.3) is 0 Å². The molecule has 0 spiro atoms. The third-order valence-corrected chi connectivity index (χ3v) is 4.58. The van der Waals surface area contributed by atoms with Crippen molar-refractivity contribution in [2.45, 2.75) is 18.7 Å². The van der Waals surface area contributed by atoms with Gasteiger partial charge >= 0.3 is 10.1 Å². The average molecular weight is 366 g/mol. The molecule has 25 heavy (non-hydrogen) atoms. The number of hydrogen-bond donors (Lipinski definition) is 0. The van der Waals surface area contributed by atoms with E-state index in [1.807, 2.05) is 13.8 Å². The molecule has 0 aliphatic carbocycles. The van der Waals surface area contributed by atoms with E-state index in [0.717, 1.165) is 5.56 Å². The Bertz CT molecular complexity index is 784. The van der Waals surface area contributed by atoms with Crippen LogP contribution in [-0.2, 0) is 14.9 Å². The monoisotopic (exact) mass is 366 g/mol. The van der Waals surface area contributed by atoms with Crippen LogP contribution in [0.15, 0.2) is 47.4 Å². The molecule has 0 aromatic heterocycles. The molecule has 6 nitrogen and oxygen atoms in total. The largest absolute Gasteiger partial charge is 0.493 e. The molecule has 0 saturated carbocycles. The van der Waals surface area contributed by atoms with Crippen molar-refractivity contribution >= 4 is 10.1 Å². The molecule has 0 atom stereocenters. The summed E-state index contributed by atoms with van der Waals surface area (Å²) in [5.74, 6) is 1.07. The van der Waals surface area contributed by atoms with Gasteiger partial charge in [0.05, 0.1) is 13.7 Å². The molecule has 0 fully saturated rings. The standard InChI is InChI=1S/C18H22O6S/c1-4-22-11-12-23-15-6-8-16(9-7-15)25(19,20)24-17-10-5-14(2)13-18(17)21-3/h5-10,13H,4,11-12H2,1-3H3. The Balaban J connectivity index is 2.09. The Morgan fingerprint density at radius 1 is 0.960 bits per heavy atom. The normalized spacial score (nSPS) is 11.2. The fourth-order valence-corrected chi connectivity index (χ4v) is 3.01.